The van der Waals surface area contributed by atoms with Crippen LogP contribution in [0.5, 0.6) is 0 Å². The second-order valence-electron chi connectivity index (χ2n) is 4.76. The van der Waals surface area contributed by atoms with E-state index in [1.165, 1.54) is 5.56 Å². The van der Waals surface area contributed by atoms with Crippen molar-refractivity contribution in [1.29, 1.82) is 0 Å². The van der Waals surface area contributed by atoms with Crippen molar-refractivity contribution in [3.8, 4) is 0 Å². The Labute approximate surface area is 104 Å². The molecule has 2 atom stereocenters. The molecule has 1 aromatic rings. The second kappa shape index (κ2) is 6.15. The molecular weight excluding hydrogens is 212 g/mol. The summed E-state index contributed by atoms with van der Waals surface area (Å²) in [6, 6.07) is 11.5. The van der Waals surface area contributed by atoms with E-state index in [0.29, 0.717) is 18.6 Å². The molecule has 1 aliphatic rings. The molecule has 0 bridgehead atoms. The van der Waals surface area contributed by atoms with Crippen molar-refractivity contribution in [2.45, 2.75) is 32.0 Å². The molecule has 0 saturated carbocycles. The van der Waals surface area contributed by atoms with Gasteiger partial charge in [-0.15, -0.1) is 0 Å². The zero-order valence-corrected chi connectivity index (χ0v) is 10.5. The van der Waals surface area contributed by atoms with E-state index in [1.54, 1.807) is 0 Å². The van der Waals surface area contributed by atoms with E-state index in [4.69, 9.17) is 10.5 Å². The molecule has 2 N–H and O–H groups in total. The fraction of sp³-hybridized carbons (Fsp3) is 0.571. The summed E-state index contributed by atoms with van der Waals surface area (Å²) in [4.78, 5) is 2.47. The standard InChI is InChI=1S/C14H22N2O/c1-12(9-15)16(14-7-8-17-11-14)10-13-5-3-2-4-6-13/h2-6,12,14H,7-11,15H2,1H3. The van der Waals surface area contributed by atoms with Crippen LogP contribution in [-0.2, 0) is 11.3 Å². The molecule has 1 aliphatic heterocycles. The van der Waals surface area contributed by atoms with Crippen molar-refractivity contribution in [2.75, 3.05) is 19.8 Å². The zero-order chi connectivity index (χ0) is 12.1. The van der Waals surface area contributed by atoms with Crippen LogP contribution in [-0.4, -0.2) is 36.7 Å². The lowest BCUT2D eigenvalue weighted by Gasteiger charge is -2.33. The van der Waals surface area contributed by atoms with Crippen LogP contribution in [0.25, 0.3) is 0 Å². The predicted octanol–water partition coefficient (Wildman–Crippen LogP) is 1.62. The minimum Gasteiger partial charge on any atom is -0.380 e. The summed E-state index contributed by atoms with van der Waals surface area (Å²) < 4.78 is 5.49. The van der Waals surface area contributed by atoms with Gasteiger partial charge in [0.2, 0.25) is 0 Å². The summed E-state index contributed by atoms with van der Waals surface area (Å²) in [5.74, 6) is 0. The van der Waals surface area contributed by atoms with Crippen molar-refractivity contribution in [2.24, 2.45) is 5.73 Å². The third-order valence-electron chi connectivity index (χ3n) is 3.49. The molecule has 0 amide bonds. The third kappa shape index (κ3) is 3.28. The Morgan fingerprint density at radius 2 is 2.18 bits per heavy atom. The van der Waals surface area contributed by atoms with E-state index in [0.717, 1.165) is 26.2 Å². The number of hydrogen-bond acceptors (Lipinski definition) is 3. The van der Waals surface area contributed by atoms with Gasteiger partial charge in [0.25, 0.3) is 0 Å². The van der Waals surface area contributed by atoms with Crippen molar-refractivity contribution >= 4 is 0 Å². The van der Waals surface area contributed by atoms with Crippen molar-refractivity contribution in [1.82, 2.24) is 4.90 Å². The summed E-state index contributed by atoms with van der Waals surface area (Å²) >= 11 is 0. The molecular formula is C14H22N2O. The number of nitrogens with zero attached hydrogens (tertiary/aromatic N) is 1. The van der Waals surface area contributed by atoms with E-state index >= 15 is 0 Å². The van der Waals surface area contributed by atoms with Gasteiger partial charge >= 0.3 is 0 Å². The summed E-state index contributed by atoms with van der Waals surface area (Å²) in [5, 5.41) is 0. The van der Waals surface area contributed by atoms with Gasteiger partial charge in [0, 0.05) is 31.8 Å². The monoisotopic (exact) mass is 234 g/mol. The normalized spacial score (nSPS) is 21.9. The minimum atomic E-state index is 0.405. The first kappa shape index (κ1) is 12.6. The van der Waals surface area contributed by atoms with Gasteiger partial charge in [-0.3, -0.25) is 4.90 Å². The van der Waals surface area contributed by atoms with E-state index in [-0.39, 0.29) is 0 Å². The van der Waals surface area contributed by atoms with E-state index in [9.17, 15) is 0 Å². The van der Waals surface area contributed by atoms with Gasteiger partial charge < -0.3 is 10.5 Å². The smallest absolute Gasteiger partial charge is 0.0622 e. The predicted molar refractivity (Wildman–Crippen MR) is 69.7 cm³/mol. The lowest BCUT2D eigenvalue weighted by Crippen LogP contribution is -2.45. The van der Waals surface area contributed by atoms with Crippen LogP contribution in [0.4, 0.5) is 0 Å². The Balaban J connectivity index is 2.05. The Kier molecular flexibility index (Phi) is 4.54. The van der Waals surface area contributed by atoms with Crippen molar-refractivity contribution in [3.05, 3.63) is 35.9 Å². The van der Waals surface area contributed by atoms with E-state index in [1.807, 2.05) is 0 Å². The van der Waals surface area contributed by atoms with Gasteiger partial charge in [0.05, 0.1) is 6.61 Å². The van der Waals surface area contributed by atoms with Crippen LogP contribution in [0.1, 0.15) is 18.9 Å². The average molecular weight is 234 g/mol. The molecule has 1 saturated heterocycles. The van der Waals surface area contributed by atoms with Crippen LogP contribution >= 0.6 is 0 Å². The quantitative estimate of drug-likeness (QED) is 0.841. The molecule has 0 aromatic heterocycles. The maximum atomic E-state index is 5.81. The topological polar surface area (TPSA) is 38.5 Å². The van der Waals surface area contributed by atoms with Crippen LogP contribution in [0.2, 0.25) is 0 Å². The summed E-state index contributed by atoms with van der Waals surface area (Å²) in [6.07, 6.45) is 1.12. The Hall–Kier alpha value is -0.900. The van der Waals surface area contributed by atoms with Crippen molar-refractivity contribution in [3.63, 3.8) is 0 Å². The van der Waals surface area contributed by atoms with Crippen LogP contribution in [0, 0.1) is 0 Å². The van der Waals surface area contributed by atoms with E-state index in [2.05, 4.69) is 42.2 Å². The summed E-state index contributed by atoms with van der Waals surface area (Å²) in [7, 11) is 0. The number of nitrogens with two attached hydrogens (primary N) is 1. The van der Waals surface area contributed by atoms with Crippen LogP contribution < -0.4 is 5.73 Å². The van der Waals surface area contributed by atoms with Crippen LogP contribution in [0.15, 0.2) is 30.3 Å². The van der Waals surface area contributed by atoms with Gasteiger partial charge in [0.1, 0.15) is 0 Å². The molecule has 1 fully saturated rings. The zero-order valence-electron chi connectivity index (χ0n) is 10.5. The third-order valence-corrected chi connectivity index (χ3v) is 3.49. The molecule has 2 unspecified atom stereocenters. The first-order chi connectivity index (χ1) is 8.31. The highest BCUT2D eigenvalue weighted by Crippen LogP contribution is 2.18. The molecule has 0 aliphatic carbocycles. The number of rotatable bonds is 5. The van der Waals surface area contributed by atoms with Gasteiger partial charge in [-0.05, 0) is 18.9 Å². The number of hydrogen-bond donors (Lipinski definition) is 1. The molecule has 1 heterocycles. The molecule has 3 heteroatoms. The largest absolute Gasteiger partial charge is 0.380 e. The average Bonchev–Trinajstić information content (AvgIpc) is 2.90. The highest BCUT2D eigenvalue weighted by atomic mass is 16.5. The van der Waals surface area contributed by atoms with Gasteiger partial charge in [-0.2, -0.15) is 0 Å². The number of benzene rings is 1. The summed E-state index contributed by atoms with van der Waals surface area (Å²) in [6.45, 7) is 5.59. The first-order valence-corrected chi connectivity index (χ1v) is 6.38. The van der Waals surface area contributed by atoms with E-state index < -0.39 is 0 Å². The maximum Gasteiger partial charge on any atom is 0.0622 e. The van der Waals surface area contributed by atoms with Gasteiger partial charge in [-0.1, -0.05) is 30.3 Å². The molecule has 2 rings (SSSR count). The molecule has 0 radical (unpaired) electrons. The molecule has 3 nitrogen and oxygen atoms in total. The Bertz CT molecular complexity index is 322. The molecule has 94 valence electrons. The fourth-order valence-electron chi connectivity index (χ4n) is 2.36. The van der Waals surface area contributed by atoms with Crippen LogP contribution in [0.3, 0.4) is 0 Å². The highest BCUT2D eigenvalue weighted by molar-refractivity contribution is 5.14. The Morgan fingerprint density at radius 1 is 1.41 bits per heavy atom. The van der Waals surface area contributed by atoms with Gasteiger partial charge in [0.15, 0.2) is 0 Å². The molecule has 1 aromatic carbocycles. The minimum absolute atomic E-state index is 0.405. The number of ether oxygens (including phenoxy) is 1. The lowest BCUT2D eigenvalue weighted by molar-refractivity contribution is 0.111. The Morgan fingerprint density at radius 3 is 2.76 bits per heavy atom. The SMILES string of the molecule is CC(CN)N(Cc1ccccc1)C1CCOC1. The highest BCUT2D eigenvalue weighted by Gasteiger charge is 2.26. The maximum absolute atomic E-state index is 5.81. The lowest BCUT2D eigenvalue weighted by atomic mass is 10.1. The fourth-order valence-corrected chi connectivity index (χ4v) is 2.36. The molecule has 0 spiro atoms. The van der Waals surface area contributed by atoms with Gasteiger partial charge in [-0.25, -0.2) is 0 Å². The summed E-state index contributed by atoms with van der Waals surface area (Å²) in [5.41, 5.74) is 7.16. The first-order valence-electron chi connectivity index (χ1n) is 6.38. The molecule has 17 heavy (non-hydrogen) atoms. The van der Waals surface area contributed by atoms with Crippen molar-refractivity contribution < 1.29 is 4.74 Å². The second-order valence-corrected chi connectivity index (χ2v) is 4.76.